The second-order valence-electron chi connectivity index (χ2n) is 12.1. The molecule has 0 radical (unpaired) electrons. The van der Waals surface area contributed by atoms with E-state index in [2.05, 4.69) is 17.2 Å². The Labute approximate surface area is 253 Å². The first kappa shape index (κ1) is 29.0. The van der Waals surface area contributed by atoms with Gasteiger partial charge in [-0.15, -0.1) is 5.92 Å². The van der Waals surface area contributed by atoms with Gasteiger partial charge in [-0.3, -0.25) is 22.9 Å². The van der Waals surface area contributed by atoms with E-state index in [-0.39, 0.29) is 24.8 Å². The van der Waals surface area contributed by atoms with Crippen LogP contribution < -0.4 is 21.5 Å². The Morgan fingerprint density at radius 1 is 1.11 bits per heavy atom. The molecule has 44 heavy (non-hydrogen) atoms. The van der Waals surface area contributed by atoms with Gasteiger partial charge >= 0.3 is 11.8 Å². The second-order valence-corrected chi connectivity index (χ2v) is 12.1. The second kappa shape index (κ2) is 11.2. The summed E-state index contributed by atoms with van der Waals surface area (Å²) in [6.07, 6.45) is 2.98. The van der Waals surface area contributed by atoms with Crippen LogP contribution in [0.25, 0.3) is 27.7 Å². The summed E-state index contributed by atoms with van der Waals surface area (Å²) in [5, 5.41) is 4.03. The highest BCUT2D eigenvalue weighted by Gasteiger charge is 2.29. The number of fused-ring (bicyclic) bond motifs is 4. The van der Waals surface area contributed by atoms with Crippen LogP contribution in [0.15, 0.2) is 52.2 Å². The number of nitrogens with one attached hydrogen (secondary N) is 1. The third-order valence-electron chi connectivity index (χ3n) is 7.76. The normalized spacial score (nSPS) is 15.5. The van der Waals surface area contributed by atoms with E-state index in [9.17, 15) is 14.4 Å². The van der Waals surface area contributed by atoms with Crippen LogP contribution in [0.4, 0.5) is 10.7 Å². The van der Waals surface area contributed by atoms with Crippen LogP contribution in [0.5, 0.6) is 0 Å². The van der Waals surface area contributed by atoms with Crippen molar-refractivity contribution in [1.29, 1.82) is 0 Å². The maximum Gasteiger partial charge on any atom is 0.407 e. The number of anilines is 1. The molecule has 0 aliphatic carbocycles. The summed E-state index contributed by atoms with van der Waals surface area (Å²) in [6.45, 7) is 8.58. The molecule has 1 unspecified atom stereocenters. The number of carbonyl (C=O) groups is 1. The van der Waals surface area contributed by atoms with Gasteiger partial charge in [-0.25, -0.2) is 14.6 Å². The van der Waals surface area contributed by atoms with E-state index in [4.69, 9.17) is 14.7 Å². The summed E-state index contributed by atoms with van der Waals surface area (Å²) in [6, 6.07) is 11.7. The molecule has 1 aliphatic heterocycles. The van der Waals surface area contributed by atoms with Gasteiger partial charge in [0.1, 0.15) is 11.2 Å². The van der Waals surface area contributed by atoms with E-state index in [1.54, 1.807) is 18.5 Å². The molecule has 1 amide bonds. The van der Waals surface area contributed by atoms with Gasteiger partial charge in [0.2, 0.25) is 5.95 Å². The van der Waals surface area contributed by atoms with Crippen LogP contribution >= 0.6 is 0 Å². The number of imidazole rings is 2. The molecule has 1 aromatic carbocycles. The minimum absolute atomic E-state index is 0.00300. The van der Waals surface area contributed by atoms with Crippen molar-refractivity contribution < 1.29 is 9.53 Å². The Morgan fingerprint density at radius 2 is 1.91 bits per heavy atom. The zero-order valence-electron chi connectivity index (χ0n) is 25.6. The molecule has 0 spiro atoms. The highest BCUT2D eigenvalue weighted by Crippen LogP contribution is 2.24. The van der Waals surface area contributed by atoms with Gasteiger partial charge in [-0.1, -0.05) is 24.1 Å². The van der Waals surface area contributed by atoms with E-state index in [0.717, 1.165) is 29.4 Å². The number of benzene rings is 1. The number of piperidine rings is 1. The molecule has 1 N–H and O–H groups in total. The molecule has 5 aromatic rings. The van der Waals surface area contributed by atoms with Crippen molar-refractivity contribution >= 4 is 39.8 Å². The van der Waals surface area contributed by atoms with Crippen molar-refractivity contribution in [3.63, 3.8) is 0 Å². The number of para-hydroxylation sites is 1. The number of amides is 1. The lowest BCUT2D eigenvalue weighted by molar-refractivity contribution is 0.0499. The molecule has 4 aromatic heterocycles. The predicted octanol–water partition coefficient (Wildman–Crippen LogP) is 3.26. The summed E-state index contributed by atoms with van der Waals surface area (Å²) in [7, 11) is 1.62. The lowest BCUT2D eigenvalue weighted by Crippen LogP contribution is -2.49. The third kappa shape index (κ3) is 5.41. The fraction of sp³-hybridized carbons (Fsp3) is 0.406. The van der Waals surface area contributed by atoms with Crippen molar-refractivity contribution in [3.05, 3.63) is 69.1 Å². The first-order valence-corrected chi connectivity index (χ1v) is 14.7. The number of aromatic nitrogens is 6. The number of rotatable bonds is 5. The van der Waals surface area contributed by atoms with Crippen molar-refractivity contribution in [1.82, 2.24) is 33.4 Å². The predicted molar refractivity (Wildman–Crippen MR) is 169 cm³/mol. The molecule has 12 nitrogen and oxygen atoms in total. The van der Waals surface area contributed by atoms with E-state index in [0.29, 0.717) is 30.2 Å². The summed E-state index contributed by atoms with van der Waals surface area (Å²) in [5.74, 6) is 6.50. The molecule has 0 bridgehead atoms. The highest BCUT2D eigenvalue weighted by atomic mass is 16.6. The van der Waals surface area contributed by atoms with E-state index in [1.165, 1.54) is 9.13 Å². The fourth-order valence-electron chi connectivity index (χ4n) is 5.81. The first-order valence-electron chi connectivity index (χ1n) is 14.7. The Hall–Kier alpha value is -5.05. The van der Waals surface area contributed by atoms with Gasteiger partial charge in [0, 0.05) is 32.4 Å². The van der Waals surface area contributed by atoms with Crippen LogP contribution in [-0.2, 0) is 24.9 Å². The first-order chi connectivity index (χ1) is 21.0. The SMILES string of the molecule is CC#CCn1c(N2CCCC(NC(=O)OC(C)(C)C)C2)nc2c1c(=O)n(Cc1cn3c(ccc4ccccc43)n1)c(=O)n2C. The number of carbonyl (C=O) groups excluding carboxylic acids is 1. The van der Waals surface area contributed by atoms with Crippen LogP contribution in [-0.4, -0.2) is 58.9 Å². The molecule has 12 heteroatoms. The van der Waals surface area contributed by atoms with Gasteiger partial charge in [0.25, 0.3) is 5.56 Å². The topological polar surface area (TPSA) is 121 Å². The van der Waals surface area contributed by atoms with E-state index in [1.807, 2.05) is 72.7 Å². The zero-order chi connectivity index (χ0) is 31.2. The lowest BCUT2D eigenvalue weighted by atomic mass is 10.1. The number of hydrogen-bond donors (Lipinski definition) is 1. The standard InChI is InChI=1S/C32H36N8O4/c1-6-7-17-38-26-27(35-29(38)37-16-10-12-22(18-37)34-30(42)44-32(2,3)4)36(5)31(43)40(28(26)41)20-23-19-39-24-13-9-8-11-21(24)14-15-25(39)33-23/h8-9,11,13-15,19,22H,10,12,16-18,20H2,1-5H3,(H,34,42). The minimum Gasteiger partial charge on any atom is -0.444 e. The number of hydrogen-bond acceptors (Lipinski definition) is 7. The third-order valence-corrected chi connectivity index (χ3v) is 7.76. The molecular formula is C32H36N8O4. The summed E-state index contributed by atoms with van der Waals surface area (Å²) in [4.78, 5) is 51.7. The highest BCUT2D eigenvalue weighted by molar-refractivity contribution is 5.82. The lowest BCUT2D eigenvalue weighted by Gasteiger charge is -2.34. The Morgan fingerprint density at radius 3 is 2.68 bits per heavy atom. The van der Waals surface area contributed by atoms with Gasteiger partial charge in [-0.05, 0) is 64.1 Å². The maximum atomic E-state index is 14.1. The number of ether oxygens (including phenoxy) is 1. The average Bonchev–Trinajstić information content (AvgIpc) is 3.58. The van der Waals surface area contributed by atoms with Gasteiger partial charge in [0.15, 0.2) is 11.2 Å². The minimum atomic E-state index is -0.604. The van der Waals surface area contributed by atoms with Gasteiger partial charge < -0.3 is 15.0 Å². The number of aryl methyl sites for hydroxylation is 1. The molecule has 1 fully saturated rings. The Bertz CT molecular complexity index is 2080. The summed E-state index contributed by atoms with van der Waals surface area (Å²) < 4.78 is 11.8. The van der Waals surface area contributed by atoms with Crippen LogP contribution in [0.2, 0.25) is 0 Å². The van der Waals surface area contributed by atoms with Crippen molar-refractivity contribution in [2.75, 3.05) is 18.0 Å². The monoisotopic (exact) mass is 596 g/mol. The molecule has 228 valence electrons. The van der Waals surface area contributed by atoms with Crippen LogP contribution in [0.3, 0.4) is 0 Å². The maximum absolute atomic E-state index is 14.1. The fourth-order valence-corrected chi connectivity index (χ4v) is 5.81. The molecule has 1 aliphatic rings. The van der Waals surface area contributed by atoms with E-state index >= 15 is 0 Å². The molecule has 1 saturated heterocycles. The molecule has 1 atom stereocenters. The quantitative estimate of drug-likeness (QED) is 0.309. The Balaban J connectivity index is 1.39. The average molecular weight is 597 g/mol. The number of pyridine rings is 1. The number of nitrogens with zero attached hydrogens (tertiary/aromatic N) is 7. The largest absolute Gasteiger partial charge is 0.444 e. The molecule has 0 saturated carbocycles. The van der Waals surface area contributed by atoms with Crippen molar-refractivity contribution in [2.24, 2.45) is 7.05 Å². The molecular weight excluding hydrogens is 560 g/mol. The van der Waals surface area contributed by atoms with Crippen molar-refractivity contribution in [3.8, 4) is 11.8 Å². The van der Waals surface area contributed by atoms with Gasteiger partial charge in [0.05, 0.1) is 24.3 Å². The summed E-state index contributed by atoms with van der Waals surface area (Å²) >= 11 is 0. The summed E-state index contributed by atoms with van der Waals surface area (Å²) in [5.41, 5.74) is 1.34. The van der Waals surface area contributed by atoms with Crippen LogP contribution in [0.1, 0.15) is 46.2 Å². The van der Waals surface area contributed by atoms with E-state index < -0.39 is 22.9 Å². The smallest absolute Gasteiger partial charge is 0.407 e. The molecule has 5 heterocycles. The zero-order valence-corrected chi connectivity index (χ0v) is 25.6. The Kier molecular flexibility index (Phi) is 7.41. The van der Waals surface area contributed by atoms with Crippen molar-refractivity contribution in [2.45, 2.75) is 65.3 Å². The van der Waals surface area contributed by atoms with Gasteiger partial charge in [-0.2, -0.15) is 4.98 Å². The van der Waals surface area contributed by atoms with Crippen LogP contribution in [0, 0.1) is 11.8 Å². The number of alkyl carbamates (subject to hydrolysis) is 1. The molecule has 6 rings (SSSR count).